The zero-order valence-corrected chi connectivity index (χ0v) is 29.7. The van der Waals surface area contributed by atoms with Crippen molar-refractivity contribution in [3.8, 4) is 22.8 Å². The summed E-state index contributed by atoms with van der Waals surface area (Å²) in [7, 11) is 1.70. The standard InChI is InChI=1S/C34H47ClN10O4/c1-22(12-13-46-5)49-33-31(20-45(40-33)29-9-7-28(8-10-29)43-17-23(2)47-24(3)18-43)39-34-36-15-27(16-37-34)26-6-11-30(35)32(14-26)48-25(4)19-44-21-38-41-42-44/h6,11,14-16,20-25,28-29H,7-10,12-13,17-19H2,1-5H3,(H,36,37,39)/t22?,23-,24+,25?,28?,29?. The molecule has 0 bridgehead atoms. The Morgan fingerprint density at radius 3 is 2.41 bits per heavy atom. The van der Waals surface area contributed by atoms with E-state index in [2.05, 4.69) is 54.2 Å². The van der Waals surface area contributed by atoms with Gasteiger partial charge in [0.1, 0.15) is 23.9 Å². The van der Waals surface area contributed by atoms with Gasteiger partial charge in [-0.2, -0.15) is 0 Å². The number of morpholine rings is 1. The average Bonchev–Trinajstić information content (AvgIpc) is 3.74. The number of halogens is 1. The zero-order chi connectivity index (χ0) is 34.3. The second-order valence-corrected chi connectivity index (χ2v) is 13.6. The van der Waals surface area contributed by atoms with E-state index in [1.54, 1.807) is 36.6 Å². The summed E-state index contributed by atoms with van der Waals surface area (Å²) in [5.74, 6) is 1.53. The van der Waals surface area contributed by atoms with Gasteiger partial charge < -0.3 is 24.3 Å². The Hall–Kier alpha value is -3.85. The normalized spacial score (nSPS) is 22.8. The predicted molar refractivity (Wildman–Crippen MR) is 185 cm³/mol. The molecule has 15 heteroatoms. The summed E-state index contributed by atoms with van der Waals surface area (Å²) in [5, 5.41) is 20.0. The number of anilines is 2. The third kappa shape index (κ3) is 9.24. The Kier molecular flexibility index (Phi) is 11.6. The topological polar surface area (TPSA) is 139 Å². The lowest BCUT2D eigenvalue weighted by Crippen LogP contribution is -2.51. The van der Waals surface area contributed by atoms with E-state index >= 15 is 0 Å². The van der Waals surface area contributed by atoms with Gasteiger partial charge in [0.2, 0.25) is 5.95 Å². The van der Waals surface area contributed by atoms with Crippen LogP contribution in [0, 0.1) is 0 Å². The summed E-state index contributed by atoms with van der Waals surface area (Å²) in [6.07, 6.45) is 12.5. The van der Waals surface area contributed by atoms with E-state index in [4.69, 9.17) is 35.6 Å². The number of ether oxygens (including phenoxy) is 4. The van der Waals surface area contributed by atoms with Crippen molar-refractivity contribution in [1.82, 2.24) is 44.9 Å². The molecule has 4 aromatic rings. The molecule has 1 aromatic carbocycles. The number of nitrogens with zero attached hydrogens (tertiary/aromatic N) is 9. The lowest BCUT2D eigenvalue weighted by Gasteiger charge is -2.42. The van der Waals surface area contributed by atoms with Gasteiger partial charge in [0.25, 0.3) is 5.88 Å². The molecule has 264 valence electrons. The lowest BCUT2D eigenvalue weighted by atomic mass is 9.89. The van der Waals surface area contributed by atoms with E-state index in [9.17, 15) is 0 Å². The Morgan fingerprint density at radius 2 is 1.71 bits per heavy atom. The van der Waals surface area contributed by atoms with Crippen LogP contribution < -0.4 is 14.8 Å². The van der Waals surface area contributed by atoms with Crippen LogP contribution in [-0.2, 0) is 16.0 Å². The van der Waals surface area contributed by atoms with Crippen LogP contribution in [0.15, 0.2) is 43.1 Å². The van der Waals surface area contributed by atoms with Crippen LogP contribution in [0.2, 0.25) is 5.02 Å². The highest BCUT2D eigenvalue weighted by Gasteiger charge is 2.32. The quantitative estimate of drug-likeness (QED) is 0.176. The van der Waals surface area contributed by atoms with E-state index in [1.165, 1.54) is 0 Å². The van der Waals surface area contributed by atoms with Crippen molar-refractivity contribution in [3.63, 3.8) is 0 Å². The molecule has 1 saturated carbocycles. The maximum absolute atomic E-state index is 6.47. The molecular formula is C34H47ClN10O4. The van der Waals surface area contributed by atoms with Gasteiger partial charge in [0, 0.05) is 57.2 Å². The molecule has 14 nitrogen and oxygen atoms in total. The average molecular weight is 695 g/mol. The first-order chi connectivity index (χ1) is 23.7. The number of benzene rings is 1. The molecule has 6 rings (SSSR count). The monoisotopic (exact) mass is 694 g/mol. The maximum atomic E-state index is 6.47. The Bertz CT molecular complexity index is 1600. The summed E-state index contributed by atoms with van der Waals surface area (Å²) < 4.78 is 27.4. The van der Waals surface area contributed by atoms with E-state index in [0.29, 0.717) is 47.8 Å². The highest BCUT2D eigenvalue weighted by molar-refractivity contribution is 6.32. The number of aromatic nitrogens is 8. The fourth-order valence-electron chi connectivity index (χ4n) is 6.69. The smallest absolute Gasteiger partial charge is 0.257 e. The van der Waals surface area contributed by atoms with Gasteiger partial charge in [-0.15, -0.1) is 10.2 Å². The first kappa shape index (κ1) is 35.0. The van der Waals surface area contributed by atoms with Crippen LogP contribution in [0.3, 0.4) is 0 Å². The second kappa shape index (κ2) is 16.2. The van der Waals surface area contributed by atoms with Crippen LogP contribution in [-0.4, -0.2) is 102 Å². The van der Waals surface area contributed by atoms with Crippen molar-refractivity contribution in [2.75, 3.05) is 32.1 Å². The third-order valence-electron chi connectivity index (χ3n) is 9.07. The largest absolute Gasteiger partial charge is 0.487 e. The number of tetrazole rings is 1. The third-order valence-corrected chi connectivity index (χ3v) is 9.38. The Labute approximate surface area is 292 Å². The SMILES string of the molecule is COCCC(C)Oc1nn(C2CCC(N3C[C@@H](C)O[C@@H](C)C3)CC2)cc1Nc1ncc(-c2ccc(Cl)c(OC(C)Cn3cnnn3)c2)cn1. The van der Waals surface area contributed by atoms with Crippen LogP contribution in [0.5, 0.6) is 11.6 Å². The molecule has 0 spiro atoms. The summed E-state index contributed by atoms with van der Waals surface area (Å²) in [6, 6.07) is 6.48. The number of hydrogen-bond donors (Lipinski definition) is 1. The van der Waals surface area contributed by atoms with Gasteiger partial charge in [-0.25, -0.2) is 14.6 Å². The predicted octanol–water partition coefficient (Wildman–Crippen LogP) is 5.59. The molecule has 3 aromatic heterocycles. The van der Waals surface area contributed by atoms with Crippen molar-refractivity contribution in [2.24, 2.45) is 0 Å². The van der Waals surface area contributed by atoms with Crippen LogP contribution in [0.1, 0.15) is 65.8 Å². The van der Waals surface area contributed by atoms with Gasteiger partial charge in [0.05, 0.1) is 42.1 Å². The molecule has 2 fully saturated rings. The Morgan fingerprint density at radius 1 is 0.980 bits per heavy atom. The highest BCUT2D eigenvalue weighted by atomic mass is 35.5. The molecule has 4 heterocycles. The minimum absolute atomic E-state index is 0.0786. The van der Waals surface area contributed by atoms with E-state index in [1.807, 2.05) is 32.2 Å². The zero-order valence-electron chi connectivity index (χ0n) is 28.9. The molecule has 2 aliphatic rings. The first-order valence-electron chi connectivity index (χ1n) is 17.1. The summed E-state index contributed by atoms with van der Waals surface area (Å²) in [4.78, 5) is 11.9. The highest BCUT2D eigenvalue weighted by Crippen LogP contribution is 2.36. The molecule has 1 N–H and O–H groups in total. The molecule has 1 aliphatic carbocycles. The second-order valence-electron chi connectivity index (χ2n) is 13.2. The van der Waals surface area contributed by atoms with Gasteiger partial charge in [-0.1, -0.05) is 17.7 Å². The number of methoxy groups -OCH3 is 1. The van der Waals surface area contributed by atoms with E-state index < -0.39 is 0 Å². The summed E-state index contributed by atoms with van der Waals surface area (Å²) >= 11 is 6.47. The molecular weight excluding hydrogens is 648 g/mol. The lowest BCUT2D eigenvalue weighted by molar-refractivity contribution is -0.0852. The molecule has 1 aliphatic heterocycles. The number of rotatable bonds is 14. The minimum atomic E-state index is -0.207. The van der Waals surface area contributed by atoms with Gasteiger partial charge in [-0.05, 0) is 81.5 Å². The van der Waals surface area contributed by atoms with Crippen molar-refractivity contribution >= 4 is 23.2 Å². The van der Waals surface area contributed by atoms with E-state index in [-0.39, 0.29) is 24.4 Å². The summed E-state index contributed by atoms with van der Waals surface area (Å²) in [5.41, 5.74) is 2.43. The van der Waals surface area contributed by atoms with Crippen LogP contribution in [0.4, 0.5) is 11.6 Å². The van der Waals surface area contributed by atoms with Crippen molar-refractivity contribution < 1.29 is 18.9 Å². The molecule has 1 saturated heterocycles. The van der Waals surface area contributed by atoms with Gasteiger partial charge in [-0.3, -0.25) is 9.58 Å². The molecule has 0 amide bonds. The molecule has 2 unspecified atom stereocenters. The molecule has 4 atom stereocenters. The van der Waals surface area contributed by atoms with Crippen LogP contribution >= 0.6 is 11.6 Å². The van der Waals surface area contributed by atoms with Crippen molar-refractivity contribution in [1.29, 1.82) is 0 Å². The van der Waals surface area contributed by atoms with Crippen molar-refractivity contribution in [2.45, 2.75) is 103 Å². The Balaban J connectivity index is 1.13. The fourth-order valence-corrected chi connectivity index (χ4v) is 6.85. The van der Waals surface area contributed by atoms with Gasteiger partial charge in [0.15, 0.2) is 0 Å². The minimum Gasteiger partial charge on any atom is -0.487 e. The maximum Gasteiger partial charge on any atom is 0.257 e. The summed E-state index contributed by atoms with van der Waals surface area (Å²) in [6.45, 7) is 11.4. The first-order valence-corrected chi connectivity index (χ1v) is 17.5. The molecule has 49 heavy (non-hydrogen) atoms. The molecule has 0 radical (unpaired) electrons. The van der Waals surface area contributed by atoms with Crippen molar-refractivity contribution in [3.05, 3.63) is 48.1 Å². The number of nitrogens with one attached hydrogen (secondary N) is 1. The van der Waals surface area contributed by atoms with E-state index in [0.717, 1.165) is 62.0 Å². The number of hydrogen-bond acceptors (Lipinski definition) is 12. The van der Waals surface area contributed by atoms with Crippen LogP contribution in [0.25, 0.3) is 11.1 Å². The van der Waals surface area contributed by atoms with Gasteiger partial charge >= 0.3 is 0 Å². The fraction of sp³-hybridized carbons (Fsp3) is 0.588.